The van der Waals surface area contributed by atoms with Gasteiger partial charge in [0.2, 0.25) is 0 Å². The van der Waals surface area contributed by atoms with E-state index in [1.165, 1.54) is 17.8 Å². The van der Waals surface area contributed by atoms with Gasteiger partial charge in [0.15, 0.2) is 11.6 Å². The molecule has 1 aromatic carbocycles. The maximum absolute atomic E-state index is 14.1. The predicted molar refractivity (Wildman–Crippen MR) is 87.8 cm³/mol. The van der Waals surface area contributed by atoms with E-state index in [0.29, 0.717) is 12.2 Å². The summed E-state index contributed by atoms with van der Waals surface area (Å²) in [6, 6.07) is 1.93. The summed E-state index contributed by atoms with van der Waals surface area (Å²) in [4.78, 5) is 12.0. The maximum Gasteiger partial charge on any atom is 0.328 e. The number of nitrogens with zero attached hydrogens (tertiary/aromatic N) is 2. The van der Waals surface area contributed by atoms with Crippen molar-refractivity contribution in [2.24, 2.45) is 0 Å². The number of benzene rings is 1. The molecule has 0 saturated heterocycles. The topological polar surface area (TPSA) is 85.9 Å². The molecule has 1 rings (SSSR count). The zero-order chi connectivity index (χ0) is 18.3. The van der Waals surface area contributed by atoms with Crippen LogP contribution in [0.1, 0.15) is 24.5 Å². The van der Waals surface area contributed by atoms with Crippen LogP contribution in [-0.2, 0) is 9.53 Å². The van der Waals surface area contributed by atoms with Crippen molar-refractivity contribution < 1.29 is 18.3 Å². The molecule has 1 unspecified atom stereocenters. The largest absolute Gasteiger partial charge is 0.464 e. The van der Waals surface area contributed by atoms with Gasteiger partial charge in [0.05, 0.1) is 12.3 Å². The van der Waals surface area contributed by atoms with Crippen LogP contribution in [0.3, 0.4) is 0 Å². The molecule has 0 fully saturated rings. The second-order valence-electron chi connectivity index (χ2n) is 4.52. The molecule has 0 aliphatic rings. The fraction of sp³-hybridized carbons (Fsp3) is 0.400. The Morgan fingerprint density at radius 2 is 1.96 bits per heavy atom. The first-order valence-corrected chi connectivity index (χ1v) is 8.62. The summed E-state index contributed by atoms with van der Waals surface area (Å²) >= 11 is 7.29. The molecule has 0 amide bonds. The molecule has 0 aromatic heterocycles. The number of anilines is 1. The van der Waals surface area contributed by atoms with Crippen molar-refractivity contribution in [3.05, 3.63) is 27.8 Å². The van der Waals surface area contributed by atoms with Gasteiger partial charge in [-0.25, -0.2) is 13.6 Å². The lowest BCUT2D eigenvalue weighted by Crippen LogP contribution is -2.32. The van der Waals surface area contributed by atoms with Crippen LogP contribution in [0.25, 0.3) is 0 Å². The summed E-state index contributed by atoms with van der Waals surface area (Å²) in [5, 5.41) is 19.9. The van der Waals surface area contributed by atoms with E-state index in [1.807, 2.05) is 6.26 Å². The van der Waals surface area contributed by atoms with Crippen molar-refractivity contribution in [2.75, 3.05) is 23.9 Å². The van der Waals surface area contributed by atoms with Crippen molar-refractivity contribution >= 4 is 35.0 Å². The van der Waals surface area contributed by atoms with Gasteiger partial charge in [-0.1, -0.05) is 11.6 Å². The van der Waals surface area contributed by atoms with Gasteiger partial charge >= 0.3 is 5.97 Å². The Morgan fingerprint density at radius 3 is 2.46 bits per heavy atom. The van der Waals surface area contributed by atoms with Crippen LogP contribution in [0.15, 0.2) is 0 Å². The van der Waals surface area contributed by atoms with Gasteiger partial charge in [-0.15, -0.1) is 0 Å². The summed E-state index contributed by atoms with van der Waals surface area (Å²) in [5.74, 6) is -2.67. The third kappa shape index (κ3) is 4.28. The Balaban J connectivity index is 3.36. The molecule has 5 nitrogen and oxygen atoms in total. The first kappa shape index (κ1) is 20.0. The van der Waals surface area contributed by atoms with E-state index < -0.39 is 39.8 Å². The highest BCUT2D eigenvalue weighted by Gasteiger charge is 2.28. The number of esters is 1. The normalized spacial score (nSPS) is 11.3. The highest BCUT2D eigenvalue weighted by Crippen LogP contribution is 2.34. The lowest BCUT2D eigenvalue weighted by atomic mass is 10.1. The number of ether oxygens (including phenoxy) is 1. The van der Waals surface area contributed by atoms with Gasteiger partial charge in [-0.2, -0.15) is 22.3 Å². The Morgan fingerprint density at radius 1 is 1.33 bits per heavy atom. The molecule has 1 aromatic rings. The average molecular weight is 374 g/mol. The molecule has 0 aliphatic carbocycles. The number of nitrogens with one attached hydrogen (secondary N) is 1. The van der Waals surface area contributed by atoms with Crippen LogP contribution in [-0.4, -0.2) is 30.6 Å². The fourth-order valence-electron chi connectivity index (χ4n) is 1.90. The molecule has 0 bridgehead atoms. The van der Waals surface area contributed by atoms with Crippen LogP contribution in [0.5, 0.6) is 0 Å². The molecule has 128 valence electrons. The Hall–Kier alpha value is -2.03. The quantitative estimate of drug-likeness (QED) is 0.582. The number of rotatable bonds is 7. The number of carbonyl (C=O) groups excluding carboxylic acids is 1. The summed E-state index contributed by atoms with van der Waals surface area (Å²) in [5.41, 5.74) is -1.94. The van der Waals surface area contributed by atoms with Gasteiger partial charge in [0.25, 0.3) is 0 Å². The second kappa shape index (κ2) is 9.31. The number of nitriles is 2. The summed E-state index contributed by atoms with van der Waals surface area (Å²) in [6.45, 7) is 1.75. The third-order valence-electron chi connectivity index (χ3n) is 3.04. The van der Waals surface area contributed by atoms with Gasteiger partial charge in [-0.3, -0.25) is 0 Å². The predicted octanol–water partition coefficient (Wildman–Crippen LogP) is 3.46. The van der Waals surface area contributed by atoms with Crippen LogP contribution >= 0.6 is 23.4 Å². The average Bonchev–Trinajstić information content (AvgIpc) is 2.56. The molecule has 0 aliphatic heterocycles. The fourth-order valence-corrected chi connectivity index (χ4v) is 2.62. The Bertz CT molecular complexity index is 716. The standard InChI is InChI=1S/C15H14ClF2N3O2S/c1-3-23-15(22)10(4-5-24-2)21-14-9(7-20)12(17)8(6-19)13(18)11(14)16/h10,21H,3-5H2,1-2H3. The van der Waals surface area contributed by atoms with Crippen molar-refractivity contribution in [3.63, 3.8) is 0 Å². The molecule has 24 heavy (non-hydrogen) atoms. The molecular weight excluding hydrogens is 360 g/mol. The van der Waals surface area contributed by atoms with E-state index in [2.05, 4.69) is 5.32 Å². The SMILES string of the molecule is CCOC(=O)C(CCSC)Nc1c(Cl)c(F)c(C#N)c(F)c1C#N. The van der Waals surface area contributed by atoms with Gasteiger partial charge in [0, 0.05) is 0 Å². The minimum atomic E-state index is -1.32. The third-order valence-corrected chi connectivity index (χ3v) is 4.04. The van der Waals surface area contributed by atoms with E-state index in [4.69, 9.17) is 26.9 Å². The summed E-state index contributed by atoms with van der Waals surface area (Å²) in [7, 11) is 0. The zero-order valence-corrected chi connectivity index (χ0v) is 14.5. The minimum Gasteiger partial charge on any atom is -0.464 e. The van der Waals surface area contributed by atoms with Gasteiger partial charge < -0.3 is 10.1 Å². The van der Waals surface area contributed by atoms with Crippen LogP contribution in [0.4, 0.5) is 14.5 Å². The molecule has 0 radical (unpaired) electrons. The number of thioether (sulfide) groups is 1. The number of hydrogen-bond acceptors (Lipinski definition) is 6. The first-order valence-electron chi connectivity index (χ1n) is 6.85. The smallest absolute Gasteiger partial charge is 0.328 e. The molecule has 0 heterocycles. The van der Waals surface area contributed by atoms with Crippen LogP contribution < -0.4 is 5.32 Å². The molecular formula is C15H14ClF2N3O2S. The number of halogens is 3. The second-order valence-corrected chi connectivity index (χ2v) is 5.88. The van der Waals surface area contributed by atoms with Crippen molar-refractivity contribution in [1.29, 1.82) is 10.5 Å². The highest BCUT2D eigenvalue weighted by atomic mass is 35.5. The lowest BCUT2D eigenvalue weighted by molar-refractivity contribution is -0.144. The van der Waals surface area contributed by atoms with E-state index in [9.17, 15) is 13.6 Å². The minimum absolute atomic E-state index is 0.130. The monoisotopic (exact) mass is 373 g/mol. The first-order chi connectivity index (χ1) is 11.4. The van der Waals surface area contributed by atoms with Crippen molar-refractivity contribution in [1.82, 2.24) is 0 Å². The van der Waals surface area contributed by atoms with Gasteiger partial charge in [-0.05, 0) is 25.4 Å². The molecule has 0 saturated carbocycles. The molecule has 1 atom stereocenters. The number of carbonyl (C=O) groups is 1. The maximum atomic E-state index is 14.1. The van der Waals surface area contributed by atoms with Crippen LogP contribution in [0, 0.1) is 34.3 Å². The van der Waals surface area contributed by atoms with E-state index in [-0.39, 0.29) is 12.3 Å². The molecule has 0 spiro atoms. The lowest BCUT2D eigenvalue weighted by Gasteiger charge is -2.20. The number of hydrogen-bond donors (Lipinski definition) is 1. The summed E-state index contributed by atoms with van der Waals surface area (Å²) in [6.07, 6.45) is 2.13. The van der Waals surface area contributed by atoms with E-state index in [0.717, 1.165) is 0 Å². The molecule has 1 N–H and O–H groups in total. The van der Waals surface area contributed by atoms with E-state index in [1.54, 1.807) is 13.0 Å². The van der Waals surface area contributed by atoms with Crippen molar-refractivity contribution in [3.8, 4) is 12.1 Å². The van der Waals surface area contributed by atoms with E-state index >= 15 is 0 Å². The summed E-state index contributed by atoms with van der Waals surface area (Å²) < 4.78 is 33.1. The van der Waals surface area contributed by atoms with Crippen LogP contribution in [0.2, 0.25) is 5.02 Å². The van der Waals surface area contributed by atoms with Crippen molar-refractivity contribution in [2.45, 2.75) is 19.4 Å². The zero-order valence-electron chi connectivity index (χ0n) is 13.0. The molecule has 9 heteroatoms. The highest BCUT2D eigenvalue weighted by molar-refractivity contribution is 7.98. The Kier molecular flexibility index (Phi) is 7.76. The Labute approximate surface area is 147 Å². The van der Waals surface area contributed by atoms with Gasteiger partial charge in [0.1, 0.15) is 34.3 Å².